The quantitative estimate of drug-likeness (QED) is 0.585. The summed E-state index contributed by atoms with van der Waals surface area (Å²) in [5.41, 5.74) is 2.72. The van der Waals surface area contributed by atoms with Crippen molar-refractivity contribution in [2.45, 2.75) is 20.3 Å². The van der Waals surface area contributed by atoms with Gasteiger partial charge in [0.2, 0.25) is 5.91 Å². The van der Waals surface area contributed by atoms with Crippen LogP contribution in [0.5, 0.6) is 0 Å². The monoisotopic (exact) mass is 446 g/mol. The van der Waals surface area contributed by atoms with Gasteiger partial charge in [0.05, 0.1) is 11.9 Å². The number of nitrogens with one attached hydrogen (secondary N) is 1. The van der Waals surface area contributed by atoms with E-state index in [1.165, 1.54) is 0 Å². The van der Waals surface area contributed by atoms with Crippen LogP contribution in [0.1, 0.15) is 41.1 Å². The smallest absolute Gasteiger partial charge is 0.274 e. The first-order valence-corrected chi connectivity index (χ1v) is 10.9. The third kappa shape index (κ3) is 5.08. The van der Waals surface area contributed by atoms with Gasteiger partial charge in [0.1, 0.15) is 17.8 Å². The molecule has 1 aromatic carbocycles. The summed E-state index contributed by atoms with van der Waals surface area (Å²) in [6, 6.07) is 11.1. The molecule has 1 aliphatic heterocycles. The number of piperazine rings is 1. The van der Waals surface area contributed by atoms with E-state index in [1.54, 1.807) is 54.2 Å². The van der Waals surface area contributed by atoms with Crippen LogP contribution in [0.3, 0.4) is 0 Å². The van der Waals surface area contributed by atoms with Gasteiger partial charge >= 0.3 is 0 Å². The lowest BCUT2D eigenvalue weighted by Gasteiger charge is -2.35. The highest BCUT2D eigenvalue weighted by molar-refractivity contribution is 5.94. The molecule has 1 aliphatic rings. The van der Waals surface area contributed by atoms with Crippen molar-refractivity contribution in [2.24, 2.45) is 0 Å². The van der Waals surface area contributed by atoms with Crippen molar-refractivity contribution in [2.75, 3.05) is 36.4 Å². The highest BCUT2D eigenvalue weighted by atomic mass is 16.2. The second kappa shape index (κ2) is 9.64. The zero-order valence-corrected chi connectivity index (χ0v) is 18.7. The molecule has 0 spiro atoms. The number of Topliss-reactive ketones (excluding diaryl/α,β-unsaturated/α-hetero) is 1. The van der Waals surface area contributed by atoms with Gasteiger partial charge in [-0.15, -0.1) is 0 Å². The van der Waals surface area contributed by atoms with E-state index in [4.69, 9.17) is 0 Å². The van der Waals surface area contributed by atoms with Gasteiger partial charge in [-0.05, 0) is 43.3 Å². The average molecular weight is 447 g/mol. The minimum absolute atomic E-state index is 0.0470. The SMILES string of the molecule is CCC(=O)Nc1ccc(-n2cnc(C(=O)N3CCN(c4ccc(C(C)=O)cc4)CC3)c2)nc1. The van der Waals surface area contributed by atoms with Crippen LogP contribution in [-0.2, 0) is 4.79 Å². The van der Waals surface area contributed by atoms with E-state index < -0.39 is 0 Å². The molecule has 3 aromatic rings. The molecule has 3 heterocycles. The molecule has 9 heteroatoms. The first-order chi connectivity index (χ1) is 15.9. The summed E-state index contributed by atoms with van der Waals surface area (Å²) in [5, 5.41) is 2.75. The molecular weight excluding hydrogens is 420 g/mol. The number of aromatic nitrogens is 3. The number of carbonyl (C=O) groups excluding carboxylic acids is 3. The van der Waals surface area contributed by atoms with Crippen LogP contribution in [0.4, 0.5) is 11.4 Å². The molecule has 1 saturated heterocycles. The molecule has 0 unspecified atom stereocenters. The number of amides is 2. The van der Waals surface area contributed by atoms with Crippen molar-refractivity contribution < 1.29 is 14.4 Å². The van der Waals surface area contributed by atoms with E-state index in [-0.39, 0.29) is 17.6 Å². The summed E-state index contributed by atoms with van der Waals surface area (Å²) in [4.78, 5) is 48.5. The topological polar surface area (TPSA) is 100 Å². The molecule has 0 aliphatic carbocycles. The van der Waals surface area contributed by atoms with Gasteiger partial charge in [0, 0.05) is 50.0 Å². The Bertz CT molecular complexity index is 1150. The fourth-order valence-electron chi connectivity index (χ4n) is 3.66. The predicted molar refractivity (Wildman–Crippen MR) is 125 cm³/mol. The number of benzene rings is 1. The van der Waals surface area contributed by atoms with Gasteiger partial charge in [-0.2, -0.15) is 0 Å². The second-order valence-corrected chi connectivity index (χ2v) is 7.86. The second-order valence-electron chi connectivity index (χ2n) is 7.86. The van der Waals surface area contributed by atoms with E-state index in [0.29, 0.717) is 55.4 Å². The number of rotatable bonds is 6. The highest BCUT2D eigenvalue weighted by Crippen LogP contribution is 2.19. The zero-order chi connectivity index (χ0) is 23.4. The summed E-state index contributed by atoms with van der Waals surface area (Å²) >= 11 is 0. The first kappa shape index (κ1) is 22.2. The summed E-state index contributed by atoms with van der Waals surface area (Å²) in [7, 11) is 0. The van der Waals surface area contributed by atoms with Crippen molar-refractivity contribution in [1.82, 2.24) is 19.4 Å². The van der Waals surface area contributed by atoms with Crippen molar-refractivity contribution in [3.8, 4) is 5.82 Å². The third-order valence-electron chi connectivity index (χ3n) is 5.62. The lowest BCUT2D eigenvalue weighted by Crippen LogP contribution is -2.48. The molecule has 2 aromatic heterocycles. The number of hydrogen-bond acceptors (Lipinski definition) is 6. The minimum atomic E-state index is -0.118. The van der Waals surface area contributed by atoms with Gasteiger partial charge in [-0.25, -0.2) is 9.97 Å². The Balaban J connectivity index is 1.36. The number of anilines is 2. The molecule has 0 radical (unpaired) electrons. The Morgan fingerprint density at radius 3 is 2.30 bits per heavy atom. The molecule has 33 heavy (non-hydrogen) atoms. The van der Waals surface area contributed by atoms with Crippen molar-refractivity contribution >= 4 is 29.0 Å². The van der Waals surface area contributed by atoms with Crippen LogP contribution in [0.25, 0.3) is 5.82 Å². The third-order valence-corrected chi connectivity index (χ3v) is 5.62. The summed E-state index contributed by atoms with van der Waals surface area (Å²) in [6.45, 7) is 5.93. The van der Waals surface area contributed by atoms with E-state index in [1.807, 2.05) is 24.3 Å². The number of ketones is 1. The Morgan fingerprint density at radius 1 is 0.970 bits per heavy atom. The molecule has 2 amide bonds. The normalized spacial score (nSPS) is 13.6. The van der Waals surface area contributed by atoms with Crippen molar-refractivity contribution in [1.29, 1.82) is 0 Å². The maximum Gasteiger partial charge on any atom is 0.274 e. The predicted octanol–water partition coefficient (Wildman–Crippen LogP) is 2.78. The van der Waals surface area contributed by atoms with Crippen LogP contribution in [0.15, 0.2) is 55.1 Å². The summed E-state index contributed by atoms with van der Waals surface area (Å²) in [5.74, 6) is 0.459. The summed E-state index contributed by atoms with van der Waals surface area (Å²) < 4.78 is 1.69. The highest BCUT2D eigenvalue weighted by Gasteiger charge is 2.24. The molecule has 0 bridgehead atoms. The van der Waals surface area contributed by atoms with E-state index >= 15 is 0 Å². The lowest BCUT2D eigenvalue weighted by molar-refractivity contribution is -0.115. The van der Waals surface area contributed by atoms with Crippen LogP contribution in [0, 0.1) is 0 Å². The fourth-order valence-corrected chi connectivity index (χ4v) is 3.66. The average Bonchev–Trinajstić information content (AvgIpc) is 3.34. The number of nitrogens with zero attached hydrogens (tertiary/aromatic N) is 5. The maximum absolute atomic E-state index is 12.9. The van der Waals surface area contributed by atoms with Gasteiger partial charge in [0.25, 0.3) is 5.91 Å². The molecular formula is C24H26N6O3. The number of imidazole rings is 1. The largest absolute Gasteiger partial charge is 0.368 e. The summed E-state index contributed by atoms with van der Waals surface area (Å²) in [6.07, 6.45) is 5.20. The van der Waals surface area contributed by atoms with Gasteiger partial charge in [-0.3, -0.25) is 19.0 Å². The Kier molecular flexibility index (Phi) is 6.48. The molecule has 1 fully saturated rings. The van der Waals surface area contributed by atoms with Gasteiger partial charge < -0.3 is 15.1 Å². The Labute approximate surface area is 192 Å². The molecule has 1 N–H and O–H groups in total. The zero-order valence-electron chi connectivity index (χ0n) is 18.7. The molecule has 0 saturated carbocycles. The van der Waals surface area contributed by atoms with Gasteiger partial charge in [-0.1, -0.05) is 6.92 Å². The maximum atomic E-state index is 12.9. The Morgan fingerprint density at radius 2 is 1.70 bits per heavy atom. The lowest BCUT2D eigenvalue weighted by atomic mass is 10.1. The number of hydrogen-bond donors (Lipinski definition) is 1. The molecule has 9 nitrogen and oxygen atoms in total. The van der Waals surface area contributed by atoms with Crippen molar-refractivity contribution in [3.05, 3.63) is 66.4 Å². The Hall–Kier alpha value is -4.01. The number of pyridine rings is 1. The van der Waals surface area contributed by atoms with Gasteiger partial charge in [0.15, 0.2) is 5.78 Å². The van der Waals surface area contributed by atoms with Crippen LogP contribution in [0.2, 0.25) is 0 Å². The standard InChI is InChI=1S/C24H26N6O3/c1-3-23(32)27-19-6-9-22(25-14-19)30-15-21(26-16-30)24(33)29-12-10-28(11-13-29)20-7-4-18(5-8-20)17(2)31/h4-9,14-16H,3,10-13H2,1-2H3,(H,27,32). The van der Waals surface area contributed by atoms with Crippen LogP contribution >= 0.6 is 0 Å². The van der Waals surface area contributed by atoms with E-state index in [2.05, 4.69) is 20.2 Å². The minimum Gasteiger partial charge on any atom is -0.368 e. The van der Waals surface area contributed by atoms with E-state index in [9.17, 15) is 14.4 Å². The van der Waals surface area contributed by atoms with E-state index in [0.717, 1.165) is 5.69 Å². The molecule has 4 rings (SSSR count). The molecule has 0 atom stereocenters. The molecule has 170 valence electrons. The van der Waals surface area contributed by atoms with Crippen molar-refractivity contribution in [3.63, 3.8) is 0 Å². The number of carbonyl (C=O) groups is 3. The van der Waals surface area contributed by atoms with Crippen LogP contribution < -0.4 is 10.2 Å². The van der Waals surface area contributed by atoms with Crippen LogP contribution in [-0.4, -0.2) is 63.2 Å². The fraction of sp³-hybridized carbons (Fsp3) is 0.292. The first-order valence-electron chi connectivity index (χ1n) is 10.9.